The predicted octanol–water partition coefficient (Wildman–Crippen LogP) is 2.14. The number of aromatic nitrogens is 3. The zero-order valence-electron chi connectivity index (χ0n) is 10.8. The monoisotopic (exact) mass is 242 g/mol. The lowest BCUT2D eigenvalue weighted by atomic mass is 9.82. The van der Waals surface area contributed by atoms with Crippen LogP contribution in [0.1, 0.15) is 29.8 Å². The first-order valence-electron chi connectivity index (χ1n) is 6.39. The van der Waals surface area contributed by atoms with Crippen LogP contribution in [0.2, 0.25) is 0 Å². The van der Waals surface area contributed by atoms with Crippen molar-refractivity contribution in [3.05, 3.63) is 41.2 Å². The number of hydrogen-bond acceptors (Lipinski definition) is 3. The Hall–Kier alpha value is -1.84. The molecule has 3 rings (SSSR count). The van der Waals surface area contributed by atoms with Crippen LogP contribution < -0.4 is 5.73 Å². The average molecular weight is 242 g/mol. The highest BCUT2D eigenvalue weighted by Crippen LogP contribution is 2.33. The topological polar surface area (TPSA) is 56.7 Å². The summed E-state index contributed by atoms with van der Waals surface area (Å²) in [5.41, 5.74) is 8.37. The van der Waals surface area contributed by atoms with Gasteiger partial charge < -0.3 is 5.73 Å². The van der Waals surface area contributed by atoms with Crippen LogP contribution >= 0.6 is 0 Å². The summed E-state index contributed by atoms with van der Waals surface area (Å²) in [6, 6.07) is 8.74. The molecule has 0 spiro atoms. The van der Waals surface area contributed by atoms with E-state index < -0.39 is 0 Å². The van der Waals surface area contributed by atoms with Gasteiger partial charge in [0.2, 0.25) is 5.95 Å². The molecule has 94 valence electrons. The minimum atomic E-state index is 0.391. The summed E-state index contributed by atoms with van der Waals surface area (Å²) in [4.78, 5) is 4.28. The first kappa shape index (κ1) is 11.3. The van der Waals surface area contributed by atoms with E-state index in [4.69, 9.17) is 5.73 Å². The smallest absolute Gasteiger partial charge is 0.239 e. The van der Waals surface area contributed by atoms with Gasteiger partial charge in [-0.2, -0.15) is 4.98 Å². The normalized spacial score (nSPS) is 22.8. The fourth-order valence-corrected chi connectivity index (χ4v) is 2.82. The Morgan fingerprint density at radius 3 is 3.00 bits per heavy atom. The second kappa shape index (κ2) is 4.12. The van der Waals surface area contributed by atoms with E-state index in [1.54, 1.807) is 0 Å². The average Bonchev–Trinajstić information content (AvgIpc) is 2.67. The van der Waals surface area contributed by atoms with Crippen molar-refractivity contribution in [2.24, 2.45) is 5.92 Å². The maximum absolute atomic E-state index is 5.67. The van der Waals surface area contributed by atoms with Crippen LogP contribution in [0.25, 0.3) is 0 Å². The molecule has 0 aliphatic carbocycles. The molecule has 0 saturated carbocycles. The van der Waals surface area contributed by atoms with Crippen molar-refractivity contribution < 1.29 is 0 Å². The molecule has 0 radical (unpaired) electrons. The van der Waals surface area contributed by atoms with Gasteiger partial charge in [0.1, 0.15) is 5.82 Å². The molecule has 1 aliphatic rings. The molecule has 2 N–H and O–H groups in total. The van der Waals surface area contributed by atoms with E-state index in [9.17, 15) is 0 Å². The molecule has 4 nitrogen and oxygen atoms in total. The van der Waals surface area contributed by atoms with Crippen molar-refractivity contribution in [1.29, 1.82) is 0 Å². The first-order chi connectivity index (χ1) is 8.63. The summed E-state index contributed by atoms with van der Waals surface area (Å²) in [5.74, 6) is 2.48. The van der Waals surface area contributed by atoms with Gasteiger partial charge in [-0.25, -0.2) is 4.68 Å². The van der Waals surface area contributed by atoms with Crippen LogP contribution in [0, 0.1) is 12.8 Å². The zero-order valence-corrected chi connectivity index (χ0v) is 10.8. The van der Waals surface area contributed by atoms with Gasteiger partial charge in [0.15, 0.2) is 0 Å². The van der Waals surface area contributed by atoms with Gasteiger partial charge in [0, 0.05) is 12.3 Å². The van der Waals surface area contributed by atoms with Gasteiger partial charge in [-0.05, 0) is 18.4 Å². The Labute approximate surface area is 107 Å². The fourth-order valence-electron chi connectivity index (χ4n) is 2.82. The highest BCUT2D eigenvalue weighted by Gasteiger charge is 2.28. The molecule has 4 heteroatoms. The fraction of sp³-hybridized carbons (Fsp3) is 0.429. The molecule has 2 heterocycles. The number of nitrogen functional groups attached to an aromatic ring is 1. The van der Waals surface area contributed by atoms with Crippen LogP contribution in [-0.2, 0) is 13.0 Å². The second-order valence-corrected chi connectivity index (χ2v) is 5.27. The lowest BCUT2D eigenvalue weighted by Gasteiger charge is -2.29. The molecular weight excluding hydrogens is 224 g/mol. The number of fused-ring (bicyclic) bond motifs is 1. The molecule has 0 saturated heterocycles. The number of nitrogens with two attached hydrogens (primary N) is 1. The Kier molecular flexibility index (Phi) is 2.58. The van der Waals surface area contributed by atoms with Crippen LogP contribution in [0.15, 0.2) is 24.3 Å². The summed E-state index contributed by atoms with van der Waals surface area (Å²) in [5, 5.41) is 4.27. The van der Waals surface area contributed by atoms with Crippen molar-refractivity contribution in [2.75, 3.05) is 5.73 Å². The number of rotatable bonds is 1. The van der Waals surface area contributed by atoms with E-state index in [2.05, 4.69) is 48.2 Å². The highest BCUT2D eigenvalue weighted by molar-refractivity contribution is 5.27. The Bertz CT molecular complexity index is 573. The Balaban J connectivity index is 1.95. The van der Waals surface area contributed by atoms with E-state index in [1.165, 1.54) is 11.1 Å². The maximum atomic E-state index is 5.67. The lowest BCUT2D eigenvalue weighted by molar-refractivity contribution is 0.330. The van der Waals surface area contributed by atoms with Crippen molar-refractivity contribution in [1.82, 2.24) is 14.8 Å². The van der Waals surface area contributed by atoms with E-state index in [1.807, 2.05) is 4.68 Å². The van der Waals surface area contributed by atoms with Gasteiger partial charge >= 0.3 is 0 Å². The van der Waals surface area contributed by atoms with Crippen molar-refractivity contribution >= 4 is 5.95 Å². The molecule has 1 aromatic carbocycles. The molecule has 2 atom stereocenters. The Morgan fingerprint density at radius 2 is 2.22 bits per heavy atom. The molecule has 0 fully saturated rings. The van der Waals surface area contributed by atoms with Gasteiger partial charge in [-0.3, -0.25) is 0 Å². The van der Waals surface area contributed by atoms with Gasteiger partial charge in [-0.15, -0.1) is 5.10 Å². The van der Waals surface area contributed by atoms with Crippen LogP contribution in [0.5, 0.6) is 0 Å². The number of hydrogen-bond donors (Lipinski definition) is 1. The first-order valence-corrected chi connectivity index (χ1v) is 6.39. The van der Waals surface area contributed by atoms with Crippen LogP contribution in [0.3, 0.4) is 0 Å². The summed E-state index contributed by atoms with van der Waals surface area (Å²) in [6.45, 7) is 5.29. The summed E-state index contributed by atoms with van der Waals surface area (Å²) in [7, 11) is 0. The summed E-state index contributed by atoms with van der Waals surface area (Å²) >= 11 is 0. The molecule has 1 aromatic heterocycles. The molecule has 1 aliphatic heterocycles. The third-order valence-electron chi connectivity index (χ3n) is 3.80. The number of aryl methyl sites for hydroxylation is 1. The van der Waals surface area contributed by atoms with E-state index in [0.29, 0.717) is 17.8 Å². The largest absolute Gasteiger partial charge is 0.366 e. The van der Waals surface area contributed by atoms with Gasteiger partial charge in [-0.1, -0.05) is 36.8 Å². The van der Waals surface area contributed by atoms with E-state index in [-0.39, 0.29) is 0 Å². The van der Waals surface area contributed by atoms with Crippen molar-refractivity contribution in [3.8, 4) is 0 Å². The van der Waals surface area contributed by atoms with Crippen LogP contribution in [0.4, 0.5) is 5.95 Å². The summed E-state index contributed by atoms with van der Waals surface area (Å²) in [6.07, 6.45) is 0.947. The van der Waals surface area contributed by atoms with E-state index in [0.717, 1.165) is 18.8 Å². The number of benzene rings is 1. The van der Waals surface area contributed by atoms with Crippen LogP contribution in [-0.4, -0.2) is 14.8 Å². The van der Waals surface area contributed by atoms with Crippen molar-refractivity contribution in [3.63, 3.8) is 0 Å². The SMILES string of the molecule is Cc1cccc(C2Cn3nc(N)nc3CC2C)c1. The molecule has 2 unspecified atom stereocenters. The standard InChI is InChI=1S/C14H18N4/c1-9-4-3-5-11(6-9)12-8-18-13(7-10(12)2)16-14(15)17-18/h3-6,10,12H,7-8H2,1-2H3,(H2,15,17). The molecule has 0 amide bonds. The molecule has 18 heavy (non-hydrogen) atoms. The molecular formula is C14H18N4. The highest BCUT2D eigenvalue weighted by atomic mass is 15.4. The predicted molar refractivity (Wildman–Crippen MR) is 71.2 cm³/mol. The third-order valence-corrected chi connectivity index (χ3v) is 3.80. The minimum absolute atomic E-state index is 0.391. The summed E-state index contributed by atoms with van der Waals surface area (Å²) < 4.78 is 1.96. The zero-order chi connectivity index (χ0) is 12.7. The minimum Gasteiger partial charge on any atom is -0.366 e. The van der Waals surface area contributed by atoms with Gasteiger partial charge in [0.25, 0.3) is 0 Å². The van der Waals surface area contributed by atoms with Gasteiger partial charge in [0.05, 0.1) is 6.54 Å². The third kappa shape index (κ3) is 1.88. The van der Waals surface area contributed by atoms with Crippen molar-refractivity contribution in [2.45, 2.75) is 32.7 Å². The number of anilines is 1. The Morgan fingerprint density at radius 1 is 1.39 bits per heavy atom. The lowest BCUT2D eigenvalue weighted by Crippen LogP contribution is -2.27. The quantitative estimate of drug-likeness (QED) is 0.833. The molecule has 2 aromatic rings. The molecule has 0 bridgehead atoms. The maximum Gasteiger partial charge on any atom is 0.239 e. The second-order valence-electron chi connectivity index (χ2n) is 5.27. The van der Waals surface area contributed by atoms with E-state index >= 15 is 0 Å². The number of nitrogens with zero attached hydrogens (tertiary/aromatic N) is 3.